The van der Waals surface area contributed by atoms with Gasteiger partial charge in [0.25, 0.3) is 6.20 Å². The molecule has 0 bridgehead atoms. The highest BCUT2D eigenvalue weighted by Crippen LogP contribution is 2.10. The second kappa shape index (κ2) is 5.62. The number of morpholine rings is 1. The van der Waals surface area contributed by atoms with E-state index in [1.807, 2.05) is 0 Å². The Morgan fingerprint density at radius 1 is 1.65 bits per heavy atom. The topological polar surface area (TPSA) is 72.5 Å². The summed E-state index contributed by atoms with van der Waals surface area (Å²) in [6, 6.07) is 0. The molecule has 17 heavy (non-hydrogen) atoms. The average Bonchev–Trinajstić information content (AvgIpc) is 2.79. The number of hydrogen-bond acceptors (Lipinski definition) is 6. The van der Waals surface area contributed by atoms with Crippen LogP contribution in [0.3, 0.4) is 0 Å². The molecule has 0 spiro atoms. The molecule has 94 valence electrons. The van der Waals surface area contributed by atoms with Crippen molar-refractivity contribution in [1.82, 2.24) is 5.01 Å². The average molecular weight is 240 g/mol. The first-order chi connectivity index (χ1) is 8.29. The molecular formula is C10H16N4O3. The highest BCUT2D eigenvalue weighted by atomic mass is 16.6. The van der Waals surface area contributed by atoms with E-state index in [0.717, 1.165) is 13.1 Å². The fourth-order valence-corrected chi connectivity index (χ4v) is 1.63. The highest BCUT2D eigenvalue weighted by Gasteiger charge is 2.24. The molecule has 0 radical (unpaired) electrons. The van der Waals surface area contributed by atoms with Gasteiger partial charge < -0.3 is 14.6 Å². The Bertz CT molecular complexity index is 359. The van der Waals surface area contributed by atoms with Gasteiger partial charge in [0.05, 0.1) is 26.3 Å². The smallest absolute Gasteiger partial charge is 0.253 e. The summed E-state index contributed by atoms with van der Waals surface area (Å²) >= 11 is 0. The minimum atomic E-state index is -0.558. The number of hydrazine groups is 1. The van der Waals surface area contributed by atoms with Crippen LogP contribution < -0.4 is 5.11 Å². The molecule has 1 fully saturated rings. The maximum absolute atomic E-state index is 11.2. The van der Waals surface area contributed by atoms with E-state index in [1.165, 1.54) is 0 Å². The second-order valence-electron chi connectivity index (χ2n) is 3.62. The molecule has 7 heteroatoms. The lowest BCUT2D eigenvalue weighted by Crippen LogP contribution is -2.40. The zero-order valence-electron chi connectivity index (χ0n) is 9.83. The molecule has 0 aromatic carbocycles. The van der Waals surface area contributed by atoms with Crippen LogP contribution in [0.15, 0.2) is 22.0 Å². The van der Waals surface area contributed by atoms with Gasteiger partial charge in [-0.1, -0.05) is 6.92 Å². The summed E-state index contributed by atoms with van der Waals surface area (Å²) < 4.78 is 10.00. The van der Waals surface area contributed by atoms with Crippen molar-refractivity contribution in [2.24, 2.45) is 10.1 Å². The molecule has 1 saturated heterocycles. The molecule has 2 aliphatic heterocycles. The molecule has 0 unspecified atom stereocenters. The first-order valence-electron chi connectivity index (χ1n) is 5.68. The molecule has 2 heterocycles. The summed E-state index contributed by atoms with van der Waals surface area (Å²) in [6.45, 7) is 5.49. The highest BCUT2D eigenvalue weighted by molar-refractivity contribution is 5.63. The number of aliphatic imine (C=N–C) groups is 1. The number of rotatable bonds is 3. The standard InChI is InChI=1S/C10H16N4O3/c1-2-17-10(15)12-9-7-11-14(8-9)13-3-5-16-6-4-13/h8H,2-7H2,1H3. The maximum atomic E-state index is 11.2. The quantitative estimate of drug-likeness (QED) is 0.372. The van der Waals surface area contributed by atoms with Crippen molar-refractivity contribution in [2.75, 3.05) is 39.5 Å². The lowest BCUT2D eigenvalue weighted by atomic mass is 10.5. The molecule has 2 aliphatic rings. The molecule has 0 saturated carbocycles. The van der Waals surface area contributed by atoms with Crippen LogP contribution >= 0.6 is 0 Å². The Morgan fingerprint density at radius 3 is 3.12 bits per heavy atom. The Balaban J connectivity index is 1.94. The van der Waals surface area contributed by atoms with Crippen molar-refractivity contribution in [2.45, 2.75) is 6.92 Å². The second-order valence-corrected chi connectivity index (χ2v) is 3.62. The summed E-state index contributed by atoms with van der Waals surface area (Å²) in [5.74, 6) is 0. The zero-order chi connectivity index (χ0) is 12.1. The summed E-state index contributed by atoms with van der Waals surface area (Å²) in [5, 5.41) is 17.5. The largest absolute Gasteiger partial charge is 0.600 e. The van der Waals surface area contributed by atoms with E-state index in [-0.39, 0.29) is 0 Å². The van der Waals surface area contributed by atoms with Crippen molar-refractivity contribution in [1.29, 1.82) is 0 Å². The molecule has 0 aromatic rings. The van der Waals surface area contributed by atoms with E-state index in [9.17, 15) is 5.11 Å². The predicted octanol–water partition coefficient (Wildman–Crippen LogP) is -0.694. The van der Waals surface area contributed by atoms with Crippen LogP contribution in [-0.2, 0) is 9.47 Å². The number of hydrogen-bond donors (Lipinski definition) is 0. The van der Waals surface area contributed by atoms with Crippen LogP contribution in [0, 0.1) is 0 Å². The van der Waals surface area contributed by atoms with E-state index >= 15 is 0 Å². The van der Waals surface area contributed by atoms with Gasteiger partial charge in [0.1, 0.15) is 5.70 Å². The van der Waals surface area contributed by atoms with Gasteiger partial charge in [-0.3, -0.25) is 0 Å². The summed E-state index contributed by atoms with van der Waals surface area (Å²) in [5.41, 5.74) is 0.620. The van der Waals surface area contributed by atoms with Gasteiger partial charge in [-0.05, 0) is 11.7 Å². The molecule has 7 nitrogen and oxygen atoms in total. The molecule has 0 amide bonds. The summed E-state index contributed by atoms with van der Waals surface area (Å²) in [6.07, 6.45) is 1.19. The van der Waals surface area contributed by atoms with Crippen molar-refractivity contribution in [3.05, 3.63) is 11.9 Å². The summed E-state index contributed by atoms with van der Waals surface area (Å²) in [7, 11) is 0. The van der Waals surface area contributed by atoms with Gasteiger partial charge in [0, 0.05) is 4.81 Å². The molecule has 0 N–H and O–H groups in total. The Kier molecular flexibility index (Phi) is 3.92. The third-order valence-corrected chi connectivity index (χ3v) is 2.42. The third kappa shape index (κ3) is 3.16. The SMILES string of the molecule is CCOC([O-])=NC1=C[N+](N2CCOCC2)=NC1. The van der Waals surface area contributed by atoms with Crippen LogP contribution in [0.2, 0.25) is 0 Å². The number of ether oxygens (including phenoxy) is 2. The monoisotopic (exact) mass is 240 g/mol. The first kappa shape index (κ1) is 11.8. The lowest BCUT2D eigenvalue weighted by Gasteiger charge is -2.20. The van der Waals surface area contributed by atoms with E-state index < -0.39 is 6.08 Å². The fourth-order valence-electron chi connectivity index (χ4n) is 1.63. The molecule has 0 atom stereocenters. The van der Waals surface area contributed by atoms with Crippen molar-refractivity contribution >= 4 is 6.08 Å². The number of nitrogens with zero attached hydrogens (tertiary/aromatic N) is 4. The third-order valence-electron chi connectivity index (χ3n) is 2.42. The van der Waals surface area contributed by atoms with Crippen molar-refractivity contribution in [3.8, 4) is 0 Å². The van der Waals surface area contributed by atoms with Crippen LogP contribution in [0.4, 0.5) is 0 Å². The minimum Gasteiger partial charge on any atom is -0.600 e. The Labute approximate surface area is 99.6 Å². The summed E-state index contributed by atoms with van der Waals surface area (Å²) in [4.78, 5) is 5.55. The van der Waals surface area contributed by atoms with Gasteiger partial charge in [-0.25, -0.2) is 4.99 Å². The van der Waals surface area contributed by atoms with Crippen LogP contribution in [-0.4, -0.2) is 55.4 Å². The van der Waals surface area contributed by atoms with Crippen LogP contribution in [0.1, 0.15) is 6.92 Å². The normalized spacial score (nSPS) is 21.2. The molecule has 0 aromatic heterocycles. The molecular weight excluding hydrogens is 224 g/mol. The zero-order valence-corrected chi connectivity index (χ0v) is 9.83. The van der Waals surface area contributed by atoms with E-state index in [0.29, 0.717) is 32.1 Å². The maximum Gasteiger partial charge on any atom is 0.253 e. The van der Waals surface area contributed by atoms with Crippen molar-refractivity contribution < 1.29 is 19.4 Å². The van der Waals surface area contributed by atoms with Crippen molar-refractivity contribution in [3.63, 3.8) is 0 Å². The van der Waals surface area contributed by atoms with Gasteiger partial charge in [0.2, 0.25) is 0 Å². The van der Waals surface area contributed by atoms with E-state index in [1.54, 1.807) is 17.9 Å². The number of azo groups is 1. The fraction of sp³-hybridized carbons (Fsp3) is 0.700. The van der Waals surface area contributed by atoms with Gasteiger partial charge in [-0.2, -0.15) is 5.01 Å². The van der Waals surface area contributed by atoms with Crippen LogP contribution in [0.5, 0.6) is 0 Å². The van der Waals surface area contributed by atoms with E-state index in [4.69, 9.17) is 9.47 Å². The van der Waals surface area contributed by atoms with Gasteiger partial charge in [0.15, 0.2) is 12.6 Å². The van der Waals surface area contributed by atoms with Gasteiger partial charge >= 0.3 is 0 Å². The molecule has 2 rings (SSSR count). The first-order valence-corrected chi connectivity index (χ1v) is 5.68. The van der Waals surface area contributed by atoms with Gasteiger partial charge in [-0.15, -0.1) is 0 Å². The Morgan fingerprint density at radius 2 is 2.41 bits per heavy atom. The predicted molar refractivity (Wildman–Crippen MR) is 57.1 cm³/mol. The minimum absolute atomic E-state index is 0.333. The lowest BCUT2D eigenvalue weighted by molar-refractivity contribution is -0.691. The Hall–Kier alpha value is -1.63. The van der Waals surface area contributed by atoms with E-state index in [2.05, 4.69) is 15.1 Å². The molecule has 0 aliphatic carbocycles. The van der Waals surface area contributed by atoms with Crippen LogP contribution in [0.25, 0.3) is 0 Å².